The van der Waals surface area contributed by atoms with Crippen molar-refractivity contribution in [2.24, 2.45) is 7.05 Å². The van der Waals surface area contributed by atoms with E-state index >= 15 is 0 Å². The molecule has 0 bridgehead atoms. The monoisotopic (exact) mass is 305 g/mol. The summed E-state index contributed by atoms with van der Waals surface area (Å²) >= 11 is 1.47. The number of rotatable bonds is 3. The first kappa shape index (κ1) is 14.3. The van der Waals surface area contributed by atoms with Crippen LogP contribution < -0.4 is 0 Å². The molecule has 2 atom stereocenters. The molecule has 3 heterocycles. The zero-order valence-corrected chi connectivity index (χ0v) is 13.0. The number of carbonyl (C=O) groups is 1. The predicted molar refractivity (Wildman–Crippen MR) is 81.4 cm³/mol. The number of hydrogen-bond donors (Lipinski definition) is 1. The summed E-state index contributed by atoms with van der Waals surface area (Å²) in [5.74, 6) is 0.0351. The molecule has 0 saturated carbocycles. The van der Waals surface area contributed by atoms with E-state index in [2.05, 4.69) is 5.10 Å². The Morgan fingerprint density at radius 1 is 1.57 bits per heavy atom. The van der Waals surface area contributed by atoms with E-state index in [0.717, 1.165) is 16.0 Å². The van der Waals surface area contributed by atoms with Crippen LogP contribution in [0.2, 0.25) is 0 Å². The largest absolute Gasteiger partial charge is 0.391 e. The van der Waals surface area contributed by atoms with Gasteiger partial charge in [-0.1, -0.05) is 0 Å². The number of thiophene rings is 1. The summed E-state index contributed by atoms with van der Waals surface area (Å²) < 4.78 is 1.74. The molecule has 5 nitrogen and oxygen atoms in total. The van der Waals surface area contributed by atoms with Gasteiger partial charge in [0.25, 0.3) is 5.91 Å². The molecule has 1 aliphatic heterocycles. The molecular weight excluding hydrogens is 286 g/mol. The van der Waals surface area contributed by atoms with Crippen molar-refractivity contribution in [3.8, 4) is 0 Å². The average Bonchev–Trinajstić information content (AvgIpc) is 3.13. The summed E-state index contributed by atoms with van der Waals surface area (Å²) in [4.78, 5) is 15.3. The van der Waals surface area contributed by atoms with E-state index in [4.69, 9.17) is 0 Å². The molecule has 6 heteroatoms. The molecule has 112 valence electrons. The Labute approximate surface area is 127 Å². The Bertz CT molecular complexity index is 649. The van der Waals surface area contributed by atoms with Crippen LogP contribution in [-0.4, -0.2) is 44.4 Å². The zero-order chi connectivity index (χ0) is 15.0. The van der Waals surface area contributed by atoms with E-state index < -0.39 is 6.10 Å². The zero-order valence-electron chi connectivity index (χ0n) is 12.2. The van der Waals surface area contributed by atoms with Crippen LogP contribution in [0.3, 0.4) is 0 Å². The highest BCUT2D eigenvalue weighted by Crippen LogP contribution is 2.26. The second-order valence-corrected chi connectivity index (χ2v) is 6.50. The summed E-state index contributed by atoms with van der Waals surface area (Å²) in [5, 5.41) is 16.3. The van der Waals surface area contributed by atoms with Crippen molar-refractivity contribution in [3.05, 3.63) is 39.8 Å². The highest BCUT2D eigenvalue weighted by Gasteiger charge is 2.37. The van der Waals surface area contributed by atoms with Gasteiger partial charge in [-0.2, -0.15) is 5.10 Å². The lowest BCUT2D eigenvalue weighted by atomic mass is 10.0. The third kappa shape index (κ3) is 2.73. The van der Waals surface area contributed by atoms with E-state index in [-0.39, 0.29) is 11.9 Å². The van der Waals surface area contributed by atoms with Crippen LogP contribution in [0, 0.1) is 6.92 Å². The van der Waals surface area contributed by atoms with E-state index in [1.54, 1.807) is 10.9 Å². The van der Waals surface area contributed by atoms with Crippen molar-refractivity contribution < 1.29 is 9.90 Å². The van der Waals surface area contributed by atoms with Crippen molar-refractivity contribution >= 4 is 17.2 Å². The summed E-state index contributed by atoms with van der Waals surface area (Å²) in [7, 11) is 1.87. The van der Waals surface area contributed by atoms with Gasteiger partial charge in [-0.3, -0.25) is 9.48 Å². The Balaban J connectivity index is 1.80. The summed E-state index contributed by atoms with van der Waals surface area (Å²) in [6.07, 6.45) is 4.55. The predicted octanol–water partition coefficient (Wildman–Crippen LogP) is 1.61. The van der Waals surface area contributed by atoms with E-state index in [9.17, 15) is 9.90 Å². The van der Waals surface area contributed by atoms with Gasteiger partial charge >= 0.3 is 0 Å². The molecule has 0 aromatic carbocycles. The number of aliphatic hydroxyl groups excluding tert-OH is 1. The molecule has 1 fully saturated rings. The van der Waals surface area contributed by atoms with Gasteiger partial charge in [-0.15, -0.1) is 11.3 Å². The molecule has 0 spiro atoms. The quantitative estimate of drug-likeness (QED) is 0.937. The van der Waals surface area contributed by atoms with Crippen LogP contribution in [-0.2, 0) is 13.5 Å². The van der Waals surface area contributed by atoms with Crippen LogP contribution in [0.5, 0.6) is 0 Å². The lowest BCUT2D eigenvalue weighted by molar-refractivity contribution is 0.0644. The van der Waals surface area contributed by atoms with Crippen molar-refractivity contribution in [2.75, 3.05) is 6.54 Å². The maximum absolute atomic E-state index is 12.7. The van der Waals surface area contributed by atoms with Crippen LogP contribution >= 0.6 is 11.3 Å². The van der Waals surface area contributed by atoms with Crippen molar-refractivity contribution in [3.63, 3.8) is 0 Å². The molecule has 21 heavy (non-hydrogen) atoms. The first-order chi connectivity index (χ1) is 10.1. The fourth-order valence-corrected chi connectivity index (χ4v) is 3.76. The molecule has 0 radical (unpaired) electrons. The Hall–Kier alpha value is -1.66. The van der Waals surface area contributed by atoms with Gasteiger partial charge < -0.3 is 10.0 Å². The molecule has 0 aliphatic carbocycles. The minimum atomic E-state index is -0.463. The molecule has 1 saturated heterocycles. The Kier molecular flexibility index (Phi) is 3.82. The third-order valence-electron chi connectivity index (χ3n) is 4.03. The Morgan fingerprint density at radius 3 is 3.00 bits per heavy atom. The van der Waals surface area contributed by atoms with E-state index in [0.29, 0.717) is 19.4 Å². The second-order valence-electron chi connectivity index (χ2n) is 5.58. The van der Waals surface area contributed by atoms with Gasteiger partial charge in [0.1, 0.15) is 0 Å². The lowest BCUT2D eigenvalue weighted by Gasteiger charge is -2.26. The van der Waals surface area contributed by atoms with Crippen LogP contribution in [0.4, 0.5) is 0 Å². The highest BCUT2D eigenvalue weighted by molar-refractivity contribution is 7.12. The van der Waals surface area contributed by atoms with Crippen molar-refractivity contribution in [1.82, 2.24) is 14.7 Å². The number of carbonyl (C=O) groups excluding carboxylic acids is 1. The number of aliphatic hydroxyl groups is 1. The number of hydrogen-bond acceptors (Lipinski definition) is 4. The fourth-order valence-electron chi connectivity index (χ4n) is 2.88. The van der Waals surface area contributed by atoms with Gasteiger partial charge in [0.05, 0.1) is 23.2 Å². The van der Waals surface area contributed by atoms with Crippen molar-refractivity contribution in [2.45, 2.75) is 31.9 Å². The van der Waals surface area contributed by atoms with Gasteiger partial charge in [0.15, 0.2) is 0 Å². The number of likely N-dealkylation sites (tertiary alicyclic amines) is 1. The van der Waals surface area contributed by atoms with Crippen LogP contribution in [0.15, 0.2) is 23.8 Å². The summed E-state index contributed by atoms with van der Waals surface area (Å²) in [6, 6.07) is 1.80. The maximum atomic E-state index is 12.7. The number of aryl methyl sites for hydroxylation is 2. The molecule has 3 rings (SSSR count). The molecular formula is C15H19N3O2S. The SMILES string of the molecule is Cc1ccsc1C(=O)N1CC[C@@H](O)[C@H]1Cc1cnn(C)c1. The average molecular weight is 305 g/mol. The summed E-state index contributed by atoms with van der Waals surface area (Å²) in [6.45, 7) is 2.56. The molecule has 2 aromatic heterocycles. The first-order valence-corrected chi connectivity index (χ1v) is 7.95. The molecule has 1 N–H and O–H groups in total. The summed E-state index contributed by atoms with van der Waals surface area (Å²) in [5.41, 5.74) is 2.05. The molecule has 2 aromatic rings. The topological polar surface area (TPSA) is 58.4 Å². The lowest BCUT2D eigenvalue weighted by Crippen LogP contribution is -2.41. The van der Waals surface area contributed by atoms with Gasteiger partial charge in [0, 0.05) is 19.8 Å². The first-order valence-electron chi connectivity index (χ1n) is 7.07. The van der Waals surface area contributed by atoms with Gasteiger partial charge in [-0.05, 0) is 42.3 Å². The number of amides is 1. The minimum Gasteiger partial charge on any atom is -0.391 e. The standard InChI is InChI=1S/C15H19N3O2S/c1-10-4-6-21-14(10)15(20)18-5-3-13(19)12(18)7-11-8-16-17(2)9-11/h4,6,8-9,12-13,19H,3,5,7H2,1-2H3/t12-,13-/m1/s1. The molecule has 1 aliphatic rings. The molecule has 0 unspecified atom stereocenters. The molecule has 1 amide bonds. The van der Waals surface area contributed by atoms with E-state index in [1.165, 1.54) is 11.3 Å². The van der Waals surface area contributed by atoms with Gasteiger partial charge in [-0.25, -0.2) is 0 Å². The van der Waals surface area contributed by atoms with Crippen LogP contribution in [0.25, 0.3) is 0 Å². The second kappa shape index (κ2) is 5.61. The smallest absolute Gasteiger partial charge is 0.264 e. The van der Waals surface area contributed by atoms with E-state index in [1.807, 2.05) is 36.5 Å². The third-order valence-corrected chi connectivity index (χ3v) is 5.04. The maximum Gasteiger partial charge on any atom is 0.264 e. The fraction of sp³-hybridized carbons (Fsp3) is 0.467. The van der Waals surface area contributed by atoms with Crippen LogP contribution in [0.1, 0.15) is 27.2 Å². The normalized spacial score (nSPS) is 22.0. The van der Waals surface area contributed by atoms with Crippen molar-refractivity contribution in [1.29, 1.82) is 0 Å². The number of nitrogens with zero attached hydrogens (tertiary/aromatic N) is 3. The van der Waals surface area contributed by atoms with Gasteiger partial charge in [0.2, 0.25) is 0 Å². The Morgan fingerprint density at radius 2 is 2.38 bits per heavy atom. The highest BCUT2D eigenvalue weighted by atomic mass is 32.1. The number of aromatic nitrogens is 2. The minimum absolute atomic E-state index is 0.0351.